The fourth-order valence-corrected chi connectivity index (χ4v) is 1.10. The van der Waals surface area contributed by atoms with Crippen LogP contribution in [0.15, 0.2) is 10.6 Å². The zero-order chi connectivity index (χ0) is 5.11. The van der Waals surface area contributed by atoms with Crippen molar-refractivity contribution in [2.75, 3.05) is 0 Å². The van der Waals surface area contributed by atoms with E-state index >= 15 is 0 Å². The summed E-state index contributed by atoms with van der Waals surface area (Å²) < 4.78 is 1.21. The molecule has 1 aliphatic rings. The van der Waals surface area contributed by atoms with Crippen molar-refractivity contribution in [1.82, 2.24) is 0 Å². The van der Waals surface area contributed by atoms with E-state index in [9.17, 15) is 0 Å². The first-order valence-corrected chi connectivity index (χ1v) is 3.20. The summed E-state index contributed by atoms with van der Waals surface area (Å²) in [5, 5.41) is 0. The SMILES string of the molecule is [Ni][C]1=CCCCC1. The summed E-state index contributed by atoms with van der Waals surface area (Å²) in [6.07, 6.45) is 7.28. The number of rotatable bonds is 0. The van der Waals surface area contributed by atoms with Crippen LogP contribution in [0.3, 0.4) is 0 Å². The second-order valence-corrected chi connectivity index (χ2v) is 2.49. The predicted molar refractivity (Wildman–Crippen MR) is 26.6 cm³/mol. The molecule has 7 heavy (non-hydrogen) atoms. The summed E-state index contributed by atoms with van der Waals surface area (Å²) in [7, 11) is 0. The monoisotopic (exact) mass is 139 g/mol. The molecule has 0 aromatic rings. The van der Waals surface area contributed by atoms with Gasteiger partial charge in [-0.1, -0.05) is 0 Å². The van der Waals surface area contributed by atoms with E-state index in [0.717, 1.165) is 0 Å². The van der Waals surface area contributed by atoms with Crippen LogP contribution in [0.1, 0.15) is 25.7 Å². The van der Waals surface area contributed by atoms with Gasteiger partial charge >= 0.3 is 51.8 Å². The Labute approximate surface area is 52.4 Å². The van der Waals surface area contributed by atoms with Crippen LogP contribution in [0.5, 0.6) is 0 Å². The van der Waals surface area contributed by atoms with Gasteiger partial charge in [0.2, 0.25) is 0 Å². The van der Waals surface area contributed by atoms with Crippen LogP contribution in [0.25, 0.3) is 0 Å². The van der Waals surface area contributed by atoms with Gasteiger partial charge in [0.1, 0.15) is 0 Å². The van der Waals surface area contributed by atoms with Crippen molar-refractivity contribution in [3.8, 4) is 0 Å². The first kappa shape index (κ1) is 5.37. The third kappa shape index (κ3) is 1.65. The summed E-state index contributed by atoms with van der Waals surface area (Å²) in [6, 6.07) is 0. The molecule has 0 aromatic carbocycles. The van der Waals surface area contributed by atoms with Gasteiger partial charge in [0, 0.05) is 0 Å². The van der Waals surface area contributed by atoms with Crippen LogP contribution < -0.4 is 0 Å². The molecule has 0 saturated heterocycles. The average molecular weight is 140 g/mol. The van der Waals surface area contributed by atoms with E-state index in [-0.39, 0.29) is 0 Å². The molecule has 0 spiro atoms. The molecule has 0 fully saturated rings. The zero-order valence-electron chi connectivity index (χ0n) is 4.22. The predicted octanol–water partition coefficient (Wildman–Crippen LogP) is 1.99. The summed E-state index contributed by atoms with van der Waals surface area (Å²) in [5.74, 6) is 0. The van der Waals surface area contributed by atoms with Crippen LogP contribution >= 0.6 is 0 Å². The van der Waals surface area contributed by atoms with Crippen LogP contribution in [-0.2, 0) is 15.5 Å². The van der Waals surface area contributed by atoms with Crippen molar-refractivity contribution in [2.24, 2.45) is 0 Å². The molecule has 0 bridgehead atoms. The van der Waals surface area contributed by atoms with Crippen molar-refractivity contribution < 1.29 is 15.5 Å². The summed E-state index contributed by atoms with van der Waals surface area (Å²) in [4.78, 5) is 0. The molecule has 1 aliphatic carbocycles. The molecule has 0 heterocycles. The second kappa shape index (κ2) is 2.52. The Morgan fingerprint density at radius 1 is 1.43 bits per heavy atom. The number of allylic oxidation sites excluding steroid dienone is 2. The molecule has 0 radical (unpaired) electrons. The quantitative estimate of drug-likeness (QED) is 0.451. The Morgan fingerprint density at radius 2 is 2.29 bits per heavy atom. The van der Waals surface area contributed by atoms with Gasteiger partial charge in [0.25, 0.3) is 0 Å². The Bertz CT molecular complexity index is 84.2. The van der Waals surface area contributed by atoms with Gasteiger partial charge in [-0.2, -0.15) is 0 Å². The molecular formula is C6H9Ni. The molecule has 1 rings (SSSR count). The Morgan fingerprint density at radius 3 is 2.57 bits per heavy atom. The van der Waals surface area contributed by atoms with Crippen LogP contribution in [0.2, 0.25) is 0 Å². The van der Waals surface area contributed by atoms with Crippen LogP contribution in [0, 0.1) is 0 Å². The maximum atomic E-state index is 4.68. The Hall–Kier alpha value is 0.234. The van der Waals surface area contributed by atoms with Crippen LogP contribution in [-0.4, -0.2) is 0 Å². The Kier molecular flexibility index (Phi) is 1.93. The van der Waals surface area contributed by atoms with Gasteiger partial charge in [-0.15, -0.1) is 0 Å². The molecular weight excluding hydrogens is 131 g/mol. The molecule has 0 atom stereocenters. The van der Waals surface area contributed by atoms with Gasteiger partial charge in [-0.3, -0.25) is 0 Å². The molecule has 0 N–H and O–H groups in total. The van der Waals surface area contributed by atoms with Gasteiger partial charge in [0.05, 0.1) is 0 Å². The summed E-state index contributed by atoms with van der Waals surface area (Å²) >= 11 is 4.68. The summed E-state index contributed by atoms with van der Waals surface area (Å²) in [5.41, 5.74) is 0. The first-order valence-electron chi connectivity index (χ1n) is 2.71. The van der Waals surface area contributed by atoms with E-state index in [4.69, 9.17) is 0 Å². The molecule has 0 aliphatic heterocycles. The minimum atomic E-state index is 1.18. The van der Waals surface area contributed by atoms with E-state index in [0.29, 0.717) is 0 Å². The van der Waals surface area contributed by atoms with Gasteiger partial charge in [0.15, 0.2) is 0 Å². The molecule has 0 unspecified atom stereocenters. The molecule has 0 nitrogen and oxygen atoms in total. The normalized spacial score (nSPS) is 21.7. The van der Waals surface area contributed by atoms with E-state index in [2.05, 4.69) is 21.5 Å². The van der Waals surface area contributed by atoms with Crippen LogP contribution in [0.4, 0.5) is 0 Å². The molecule has 0 saturated carbocycles. The van der Waals surface area contributed by atoms with Gasteiger partial charge in [-0.05, 0) is 0 Å². The fourth-order valence-electron chi connectivity index (χ4n) is 0.779. The molecule has 0 amide bonds. The van der Waals surface area contributed by atoms with Gasteiger partial charge in [-0.25, -0.2) is 0 Å². The molecule has 0 aromatic heterocycles. The molecule has 43 valence electrons. The maximum absolute atomic E-state index is 4.68. The third-order valence-electron chi connectivity index (χ3n) is 1.21. The van der Waals surface area contributed by atoms with E-state index in [1.807, 2.05) is 0 Å². The van der Waals surface area contributed by atoms with Gasteiger partial charge < -0.3 is 0 Å². The van der Waals surface area contributed by atoms with Crippen molar-refractivity contribution in [1.29, 1.82) is 0 Å². The van der Waals surface area contributed by atoms with Crippen molar-refractivity contribution in [2.45, 2.75) is 25.7 Å². The topological polar surface area (TPSA) is 0 Å². The van der Waals surface area contributed by atoms with Crippen molar-refractivity contribution in [3.05, 3.63) is 10.6 Å². The third-order valence-corrected chi connectivity index (χ3v) is 1.66. The number of hydrogen-bond donors (Lipinski definition) is 0. The second-order valence-electron chi connectivity index (χ2n) is 1.86. The Balaban J connectivity index is 2.40. The molecule has 1 heteroatoms. The van der Waals surface area contributed by atoms with Crippen molar-refractivity contribution in [3.63, 3.8) is 0 Å². The van der Waals surface area contributed by atoms with Crippen molar-refractivity contribution >= 4 is 0 Å². The van der Waals surface area contributed by atoms with E-state index in [1.165, 1.54) is 30.2 Å². The summed E-state index contributed by atoms with van der Waals surface area (Å²) in [6.45, 7) is 0. The fraction of sp³-hybridized carbons (Fsp3) is 0.667. The first-order chi connectivity index (χ1) is 3.39. The number of hydrogen-bond acceptors (Lipinski definition) is 0. The van der Waals surface area contributed by atoms with E-state index < -0.39 is 0 Å². The standard InChI is InChI=1S/C6H9.Ni/c1-2-4-6-5-3-1;/h1H,2,4-6H2;. The van der Waals surface area contributed by atoms with E-state index in [1.54, 1.807) is 0 Å². The zero-order valence-corrected chi connectivity index (χ0v) is 5.21. The minimum absolute atomic E-state index is 1.18. The average Bonchev–Trinajstić information content (AvgIpc) is 1.69.